The van der Waals surface area contributed by atoms with Crippen LogP contribution in [-0.2, 0) is 11.9 Å². The molecule has 0 N–H and O–H groups in total. The SMILES string of the molecule is CN(c1c(C#N)c(=O)n(C)c2ccc(Cl)nc12)C1CCC(/C(=N\OC(C)(C)C)c2c(F)cccc2F)CC1. The van der Waals surface area contributed by atoms with E-state index in [1.165, 1.54) is 22.8 Å². The monoisotopic (exact) mass is 541 g/mol. The number of halogens is 3. The van der Waals surface area contributed by atoms with Crippen LogP contribution in [-0.4, -0.2) is 34.0 Å². The van der Waals surface area contributed by atoms with Crippen LogP contribution < -0.4 is 10.5 Å². The number of pyridine rings is 2. The van der Waals surface area contributed by atoms with Crippen LogP contribution in [0.3, 0.4) is 0 Å². The summed E-state index contributed by atoms with van der Waals surface area (Å²) in [5, 5.41) is 14.4. The first-order valence-corrected chi connectivity index (χ1v) is 12.8. The fraction of sp³-hybridized carbons (Fsp3) is 0.429. The Labute approximate surface area is 225 Å². The maximum absolute atomic E-state index is 14.8. The minimum atomic E-state index is -0.686. The van der Waals surface area contributed by atoms with Crippen molar-refractivity contribution in [3.05, 3.63) is 68.6 Å². The Hall–Kier alpha value is -3.51. The minimum Gasteiger partial charge on any atom is -0.390 e. The van der Waals surface area contributed by atoms with Gasteiger partial charge >= 0.3 is 0 Å². The molecule has 200 valence electrons. The van der Waals surface area contributed by atoms with Crippen LogP contribution in [0.4, 0.5) is 14.5 Å². The van der Waals surface area contributed by atoms with Gasteiger partial charge in [-0.15, -0.1) is 0 Å². The van der Waals surface area contributed by atoms with Crippen molar-refractivity contribution in [3.63, 3.8) is 0 Å². The second-order valence-electron chi connectivity index (χ2n) is 10.6. The second-order valence-corrected chi connectivity index (χ2v) is 11.0. The molecule has 2 heterocycles. The number of hydrogen-bond acceptors (Lipinski definition) is 6. The van der Waals surface area contributed by atoms with E-state index in [4.69, 9.17) is 16.4 Å². The van der Waals surface area contributed by atoms with Gasteiger partial charge in [0.25, 0.3) is 5.56 Å². The van der Waals surface area contributed by atoms with Crippen molar-refractivity contribution >= 4 is 34.0 Å². The molecule has 0 bridgehead atoms. The van der Waals surface area contributed by atoms with Crippen molar-refractivity contribution in [2.45, 2.75) is 58.1 Å². The molecule has 10 heteroatoms. The molecule has 0 spiro atoms. The first-order valence-electron chi connectivity index (χ1n) is 12.5. The summed E-state index contributed by atoms with van der Waals surface area (Å²) in [6.45, 7) is 5.46. The van der Waals surface area contributed by atoms with Crippen LogP contribution >= 0.6 is 11.6 Å². The Morgan fingerprint density at radius 1 is 1.18 bits per heavy atom. The van der Waals surface area contributed by atoms with Crippen LogP contribution in [0.2, 0.25) is 5.15 Å². The zero-order chi connectivity index (χ0) is 27.8. The molecule has 4 rings (SSSR count). The number of oxime groups is 1. The summed E-state index contributed by atoms with van der Waals surface area (Å²) in [4.78, 5) is 24.9. The summed E-state index contributed by atoms with van der Waals surface area (Å²) in [6, 6.07) is 9.07. The van der Waals surface area contributed by atoms with E-state index in [0.717, 1.165) is 0 Å². The molecule has 1 fully saturated rings. The van der Waals surface area contributed by atoms with Gasteiger partial charge in [-0.1, -0.05) is 22.8 Å². The molecule has 1 aliphatic rings. The molecule has 2 aromatic heterocycles. The molecule has 1 saturated carbocycles. The normalized spacial score (nSPS) is 18.3. The molecule has 0 unspecified atom stereocenters. The predicted octanol–water partition coefficient (Wildman–Crippen LogP) is 5.95. The fourth-order valence-electron chi connectivity index (χ4n) is 4.99. The molecule has 1 aliphatic carbocycles. The Morgan fingerprint density at radius 2 is 1.82 bits per heavy atom. The number of nitriles is 1. The molecule has 0 saturated heterocycles. The zero-order valence-corrected chi connectivity index (χ0v) is 22.8. The van der Waals surface area contributed by atoms with Gasteiger partial charge in [0.1, 0.15) is 39.5 Å². The lowest BCUT2D eigenvalue weighted by atomic mass is 9.80. The second kappa shape index (κ2) is 10.7. The maximum Gasteiger partial charge on any atom is 0.270 e. The number of nitrogens with zero attached hydrogens (tertiary/aromatic N) is 5. The number of hydrogen-bond donors (Lipinski definition) is 0. The van der Waals surface area contributed by atoms with Gasteiger partial charge in [-0.25, -0.2) is 13.8 Å². The Bertz CT molecular complexity index is 1480. The molecule has 1 aromatic carbocycles. The topological polar surface area (TPSA) is 83.5 Å². The average molecular weight is 542 g/mol. The van der Waals surface area contributed by atoms with Crippen molar-refractivity contribution in [2.24, 2.45) is 18.1 Å². The van der Waals surface area contributed by atoms with E-state index < -0.39 is 22.8 Å². The van der Waals surface area contributed by atoms with Gasteiger partial charge in [0, 0.05) is 26.1 Å². The van der Waals surface area contributed by atoms with Gasteiger partial charge in [0.2, 0.25) is 0 Å². The quantitative estimate of drug-likeness (QED) is 0.226. The van der Waals surface area contributed by atoms with Crippen LogP contribution in [0.15, 0.2) is 40.3 Å². The standard InChI is InChI=1S/C28H30ClF2N5O2/c1-28(2,3)38-34-24(23-19(30)7-6-8-20(23)31)16-9-11-17(12-10-16)35(4)26-18(15-32)27(37)36(5)21-13-14-22(29)33-25(21)26/h6-8,13-14,16-17H,9-12H2,1-5H3/b34-24+. The van der Waals surface area contributed by atoms with Gasteiger partial charge < -0.3 is 14.3 Å². The molecule has 3 aromatic rings. The van der Waals surface area contributed by atoms with Gasteiger partial charge in [-0.05, 0) is 70.7 Å². The Kier molecular flexibility index (Phi) is 7.75. The Morgan fingerprint density at radius 3 is 2.39 bits per heavy atom. The summed E-state index contributed by atoms with van der Waals surface area (Å²) in [6.07, 6.45) is 2.42. The number of fused-ring (bicyclic) bond motifs is 1. The summed E-state index contributed by atoms with van der Waals surface area (Å²) < 4.78 is 30.9. The van der Waals surface area contributed by atoms with E-state index in [1.807, 2.05) is 32.7 Å². The number of benzene rings is 1. The van der Waals surface area contributed by atoms with Crippen LogP contribution in [0.5, 0.6) is 0 Å². The van der Waals surface area contributed by atoms with Gasteiger partial charge in [-0.2, -0.15) is 5.26 Å². The van der Waals surface area contributed by atoms with E-state index in [1.54, 1.807) is 19.2 Å². The summed E-state index contributed by atoms with van der Waals surface area (Å²) in [7, 11) is 3.43. The Balaban J connectivity index is 1.67. The third-order valence-corrected chi connectivity index (χ3v) is 7.12. The van der Waals surface area contributed by atoms with Gasteiger partial charge in [-0.3, -0.25) is 4.79 Å². The summed E-state index contributed by atoms with van der Waals surface area (Å²) in [5.74, 6) is -1.61. The number of rotatable bonds is 5. The van der Waals surface area contributed by atoms with E-state index in [9.17, 15) is 18.8 Å². The number of aromatic nitrogens is 2. The van der Waals surface area contributed by atoms with Gasteiger partial charge in [0.05, 0.1) is 22.5 Å². The highest BCUT2D eigenvalue weighted by atomic mass is 35.5. The van der Waals surface area contributed by atoms with Crippen molar-refractivity contribution in [2.75, 3.05) is 11.9 Å². The van der Waals surface area contributed by atoms with Crippen molar-refractivity contribution in [1.29, 1.82) is 5.26 Å². The first kappa shape index (κ1) is 27.5. The lowest BCUT2D eigenvalue weighted by Crippen LogP contribution is -2.39. The lowest BCUT2D eigenvalue weighted by molar-refractivity contribution is -0.000114. The largest absolute Gasteiger partial charge is 0.390 e. The maximum atomic E-state index is 14.8. The highest BCUT2D eigenvalue weighted by molar-refractivity contribution is 6.29. The van der Waals surface area contributed by atoms with Crippen LogP contribution in [0.25, 0.3) is 11.0 Å². The molecular formula is C28H30ClF2N5O2. The molecular weight excluding hydrogens is 512 g/mol. The van der Waals surface area contributed by atoms with E-state index in [2.05, 4.69) is 16.2 Å². The van der Waals surface area contributed by atoms with E-state index in [0.29, 0.717) is 42.4 Å². The third-order valence-electron chi connectivity index (χ3n) is 6.91. The highest BCUT2D eigenvalue weighted by Gasteiger charge is 2.33. The van der Waals surface area contributed by atoms with Crippen LogP contribution in [0.1, 0.15) is 57.6 Å². The smallest absolute Gasteiger partial charge is 0.270 e. The zero-order valence-electron chi connectivity index (χ0n) is 22.1. The third kappa shape index (κ3) is 5.37. The molecule has 0 radical (unpaired) electrons. The van der Waals surface area contributed by atoms with Gasteiger partial charge in [0.15, 0.2) is 0 Å². The minimum absolute atomic E-state index is 0.00588. The predicted molar refractivity (Wildman–Crippen MR) is 145 cm³/mol. The average Bonchev–Trinajstić information content (AvgIpc) is 2.86. The van der Waals surface area contributed by atoms with E-state index in [-0.39, 0.29) is 34.0 Å². The molecule has 38 heavy (non-hydrogen) atoms. The van der Waals surface area contributed by atoms with Crippen LogP contribution in [0, 0.1) is 28.9 Å². The van der Waals surface area contributed by atoms with Crippen molar-refractivity contribution in [3.8, 4) is 6.07 Å². The molecule has 0 atom stereocenters. The number of aryl methyl sites for hydroxylation is 1. The summed E-state index contributed by atoms with van der Waals surface area (Å²) >= 11 is 6.18. The van der Waals surface area contributed by atoms with E-state index >= 15 is 0 Å². The molecule has 0 amide bonds. The first-order chi connectivity index (χ1) is 17.9. The molecule has 0 aliphatic heterocycles. The highest BCUT2D eigenvalue weighted by Crippen LogP contribution is 2.36. The van der Waals surface area contributed by atoms with Crippen molar-refractivity contribution in [1.82, 2.24) is 9.55 Å². The fourth-order valence-corrected chi connectivity index (χ4v) is 5.13. The van der Waals surface area contributed by atoms with Crippen molar-refractivity contribution < 1.29 is 13.6 Å². The lowest BCUT2D eigenvalue weighted by Gasteiger charge is -2.37. The molecule has 7 nitrogen and oxygen atoms in total. The summed E-state index contributed by atoms with van der Waals surface area (Å²) in [5.41, 5.74) is 0.498. The number of anilines is 1.